The molecule has 1 amide bonds. The molecule has 0 unspecified atom stereocenters. The SMILES string of the molecule is Cc1nc2ccccc2nc1CN1C[C@@H]2C[C@H]1C(=O)N2c1ccc2c(c1)CCC2. The molecule has 6 rings (SSSR count). The molecule has 2 bridgehead atoms. The molecule has 146 valence electrons. The number of hydrogen-bond donors (Lipinski definition) is 0. The molecule has 1 aromatic heterocycles. The third-order valence-electron chi connectivity index (χ3n) is 6.83. The molecule has 2 saturated heterocycles. The Morgan fingerprint density at radius 1 is 1.03 bits per heavy atom. The van der Waals surface area contributed by atoms with Gasteiger partial charge in [0.1, 0.15) is 0 Å². The molecule has 29 heavy (non-hydrogen) atoms. The van der Waals surface area contributed by atoms with Crippen LogP contribution in [0.1, 0.15) is 35.4 Å². The van der Waals surface area contributed by atoms with Gasteiger partial charge in [0.05, 0.1) is 34.5 Å². The van der Waals surface area contributed by atoms with Crippen LogP contribution in [-0.4, -0.2) is 39.4 Å². The van der Waals surface area contributed by atoms with E-state index in [-0.39, 0.29) is 18.0 Å². The number of likely N-dealkylation sites (tertiary alicyclic amines) is 1. The number of benzene rings is 2. The van der Waals surface area contributed by atoms with E-state index < -0.39 is 0 Å². The highest BCUT2D eigenvalue weighted by atomic mass is 16.2. The first-order valence-corrected chi connectivity index (χ1v) is 10.6. The van der Waals surface area contributed by atoms with Crippen molar-refractivity contribution in [2.75, 3.05) is 11.4 Å². The van der Waals surface area contributed by atoms with Crippen molar-refractivity contribution in [1.29, 1.82) is 0 Å². The Morgan fingerprint density at radius 2 is 1.83 bits per heavy atom. The fourth-order valence-electron chi connectivity index (χ4n) is 5.35. The lowest BCUT2D eigenvalue weighted by Gasteiger charge is -2.34. The maximum Gasteiger partial charge on any atom is 0.244 e. The molecule has 1 aliphatic carbocycles. The van der Waals surface area contributed by atoms with E-state index in [1.165, 1.54) is 24.0 Å². The van der Waals surface area contributed by atoms with Crippen LogP contribution in [0.2, 0.25) is 0 Å². The van der Waals surface area contributed by atoms with Crippen LogP contribution < -0.4 is 4.90 Å². The average molecular weight is 384 g/mol. The lowest BCUT2D eigenvalue weighted by Crippen LogP contribution is -2.50. The zero-order chi connectivity index (χ0) is 19.5. The Balaban J connectivity index is 1.25. The number of carbonyl (C=O) groups is 1. The Hall–Kier alpha value is -2.79. The number of aromatic nitrogens is 2. The Morgan fingerprint density at radius 3 is 2.66 bits per heavy atom. The van der Waals surface area contributed by atoms with Crippen LogP contribution in [0.15, 0.2) is 42.5 Å². The fraction of sp³-hybridized carbons (Fsp3) is 0.375. The van der Waals surface area contributed by atoms with E-state index in [9.17, 15) is 4.79 Å². The molecule has 0 radical (unpaired) electrons. The highest BCUT2D eigenvalue weighted by Gasteiger charge is 2.50. The Bertz CT molecular complexity index is 1140. The van der Waals surface area contributed by atoms with E-state index in [1.807, 2.05) is 31.2 Å². The number of para-hydroxylation sites is 2. The van der Waals surface area contributed by atoms with Gasteiger partial charge in [-0.15, -0.1) is 0 Å². The van der Waals surface area contributed by atoms with Gasteiger partial charge >= 0.3 is 0 Å². The molecular weight excluding hydrogens is 360 g/mol. The van der Waals surface area contributed by atoms with Gasteiger partial charge in [0.25, 0.3) is 0 Å². The summed E-state index contributed by atoms with van der Waals surface area (Å²) in [6, 6.07) is 14.8. The minimum Gasteiger partial charge on any atom is -0.307 e. The van der Waals surface area contributed by atoms with Crippen molar-refractivity contribution in [3.63, 3.8) is 0 Å². The number of anilines is 1. The first-order valence-electron chi connectivity index (χ1n) is 10.6. The highest BCUT2D eigenvalue weighted by Crippen LogP contribution is 2.38. The zero-order valence-corrected chi connectivity index (χ0v) is 16.6. The first kappa shape index (κ1) is 17.1. The van der Waals surface area contributed by atoms with E-state index in [2.05, 4.69) is 28.0 Å². The predicted molar refractivity (Wildman–Crippen MR) is 113 cm³/mol. The normalized spacial score (nSPS) is 23.3. The molecular formula is C24H24N4O. The number of rotatable bonds is 3. The van der Waals surface area contributed by atoms with Crippen molar-refractivity contribution < 1.29 is 4.79 Å². The molecule has 3 aliphatic rings. The molecule has 3 aromatic rings. The molecule has 3 heterocycles. The van der Waals surface area contributed by atoms with Crippen molar-refractivity contribution >= 4 is 22.6 Å². The minimum absolute atomic E-state index is 0.0408. The fourth-order valence-corrected chi connectivity index (χ4v) is 5.35. The van der Waals surface area contributed by atoms with Crippen LogP contribution >= 0.6 is 0 Å². The molecule has 0 spiro atoms. The standard InChI is InChI=1S/C24H24N4O/c1-15-22(26-21-8-3-2-7-20(21)25-15)14-27-13-19-12-23(27)24(29)28(19)18-10-9-16-5-4-6-17(16)11-18/h2-3,7-11,19,23H,4-6,12-14H2,1H3/t19-,23-/m0/s1. The lowest BCUT2D eigenvalue weighted by molar-refractivity contribution is -0.122. The van der Waals surface area contributed by atoms with Gasteiger partial charge in [-0.3, -0.25) is 9.69 Å². The van der Waals surface area contributed by atoms with E-state index >= 15 is 0 Å². The third-order valence-corrected chi connectivity index (χ3v) is 6.83. The second kappa shape index (κ2) is 6.36. The van der Waals surface area contributed by atoms with E-state index in [0.717, 1.165) is 47.5 Å². The number of hydrogen-bond acceptors (Lipinski definition) is 4. The summed E-state index contributed by atoms with van der Waals surface area (Å²) in [4.78, 5) is 27.1. The minimum atomic E-state index is -0.0408. The summed E-state index contributed by atoms with van der Waals surface area (Å²) in [5.41, 5.74) is 7.75. The molecule has 2 aromatic carbocycles. The monoisotopic (exact) mass is 384 g/mol. The number of fused-ring (bicyclic) bond motifs is 4. The van der Waals surface area contributed by atoms with Crippen LogP contribution in [0, 0.1) is 6.92 Å². The summed E-state index contributed by atoms with van der Waals surface area (Å²) >= 11 is 0. The Kier molecular flexibility index (Phi) is 3.75. The molecule has 2 atom stereocenters. The van der Waals surface area contributed by atoms with E-state index in [0.29, 0.717) is 6.54 Å². The van der Waals surface area contributed by atoms with Gasteiger partial charge in [0.2, 0.25) is 5.91 Å². The van der Waals surface area contributed by atoms with Crippen molar-refractivity contribution in [1.82, 2.24) is 14.9 Å². The average Bonchev–Trinajstić information content (AvgIpc) is 3.42. The van der Waals surface area contributed by atoms with Crippen molar-refractivity contribution in [3.05, 3.63) is 65.0 Å². The number of nitrogens with zero attached hydrogens (tertiary/aromatic N) is 4. The number of aryl methyl sites for hydroxylation is 3. The predicted octanol–water partition coefficient (Wildman–Crippen LogP) is 3.42. The third kappa shape index (κ3) is 2.68. The van der Waals surface area contributed by atoms with Crippen LogP contribution in [-0.2, 0) is 24.2 Å². The number of piperazine rings is 1. The molecule has 5 heteroatoms. The quantitative estimate of drug-likeness (QED) is 0.694. The lowest BCUT2D eigenvalue weighted by atomic mass is 10.1. The van der Waals surface area contributed by atoms with Crippen LogP contribution in [0.3, 0.4) is 0 Å². The number of carbonyl (C=O) groups excluding carboxylic acids is 1. The zero-order valence-electron chi connectivity index (χ0n) is 16.6. The van der Waals surface area contributed by atoms with Crippen LogP contribution in [0.5, 0.6) is 0 Å². The van der Waals surface area contributed by atoms with Gasteiger partial charge in [-0.1, -0.05) is 18.2 Å². The molecule has 2 aliphatic heterocycles. The van der Waals surface area contributed by atoms with Gasteiger partial charge < -0.3 is 4.90 Å². The molecule has 2 fully saturated rings. The second-order valence-corrected chi connectivity index (χ2v) is 8.59. The van der Waals surface area contributed by atoms with Crippen molar-refractivity contribution in [2.45, 2.75) is 51.2 Å². The smallest absolute Gasteiger partial charge is 0.244 e. The largest absolute Gasteiger partial charge is 0.307 e. The van der Waals surface area contributed by atoms with Gasteiger partial charge in [0.15, 0.2) is 0 Å². The first-order chi connectivity index (χ1) is 14.2. The summed E-state index contributed by atoms with van der Waals surface area (Å²) in [7, 11) is 0. The Labute approximate surface area is 170 Å². The number of amides is 1. The van der Waals surface area contributed by atoms with E-state index in [1.54, 1.807) is 0 Å². The van der Waals surface area contributed by atoms with Crippen molar-refractivity contribution in [2.24, 2.45) is 0 Å². The summed E-state index contributed by atoms with van der Waals surface area (Å²) in [5.74, 6) is 0.241. The van der Waals surface area contributed by atoms with Gasteiger partial charge in [-0.2, -0.15) is 0 Å². The summed E-state index contributed by atoms with van der Waals surface area (Å²) in [5, 5.41) is 0. The maximum absolute atomic E-state index is 13.2. The van der Waals surface area contributed by atoms with Gasteiger partial charge in [-0.05, 0) is 68.0 Å². The summed E-state index contributed by atoms with van der Waals surface area (Å²) in [6.07, 6.45) is 4.47. The van der Waals surface area contributed by atoms with Gasteiger partial charge in [0, 0.05) is 18.8 Å². The van der Waals surface area contributed by atoms with Crippen molar-refractivity contribution in [3.8, 4) is 0 Å². The topological polar surface area (TPSA) is 49.3 Å². The molecule has 0 saturated carbocycles. The van der Waals surface area contributed by atoms with Crippen LogP contribution in [0.25, 0.3) is 11.0 Å². The molecule has 0 N–H and O–H groups in total. The summed E-state index contributed by atoms with van der Waals surface area (Å²) < 4.78 is 0. The van der Waals surface area contributed by atoms with Gasteiger partial charge in [-0.25, -0.2) is 9.97 Å². The second-order valence-electron chi connectivity index (χ2n) is 8.59. The highest BCUT2D eigenvalue weighted by molar-refractivity contribution is 6.01. The summed E-state index contributed by atoms with van der Waals surface area (Å²) in [6.45, 7) is 3.61. The maximum atomic E-state index is 13.2. The molecule has 5 nitrogen and oxygen atoms in total. The van der Waals surface area contributed by atoms with Crippen LogP contribution in [0.4, 0.5) is 5.69 Å². The van der Waals surface area contributed by atoms with E-state index in [4.69, 9.17) is 9.97 Å².